The highest BCUT2D eigenvalue weighted by molar-refractivity contribution is 6.30. The maximum absolute atomic E-state index is 10.1. The van der Waals surface area contributed by atoms with E-state index in [0.29, 0.717) is 5.69 Å². The Balaban J connectivity index is 1.82. The molecule has 0 aliphatic carbocycles. The molecule has 124 valence electrons. The maximum Gasteiger partial charge on any atom is 0.142 e. The number of rotatable bonds is 4. The largest absolute Gasteiger partial charge is 0.396 e. The van der Waals surface area contributed by atoms with Crippen LogP contribution < -0.4 is 4.90 Å². The van der Waals surface area contributed by atoms with Crippen LogP contribution in [0.15, 0.2) is 42.5 Å². The topological polar surface area (TPSA) is 60.2 Å². The molecule has 0 bridgehead atoms. The van der Waals surface area contributed by atoms with Crippen LogP contribution in [0.4, 0.5) is 5.82 Å². The molecule has 1 atom stereocenters. The fraction of sp³-hybridized carbons (Fsp3) is 0.368. The summed E-state index contributed by atoms with van der Waals surface area (Å²) in [6.45, 7) is 1.73. The predicted molar refractivity (Wildman–Crippen MR) is 95.1 cm³/mol. The van der Waals surface area contributed by atoms with Gasteiger partial charge >= 0.3 is 0 Å². The quantitative estimate of drug-likeness (QED) is 0.925. The van der Waals surface area contributed by atoms with E-state index in [1.807, 2.05) is 30.3 Å². The Kier molecular flexibility index (Phi) is 5.03. The minimum absolute atomic E-state index is 0.119. The van der Waals surface area contributed by atoms with Gasteiger partial charge in [-0.15, -0.1) is 0 Å². The van der Waals surface area contributed by atoms with Gasteiger partial charge in [-0.3, -0.25) is 0 Å². The monoisotopic (exact) mass is 341 g/mol. The Hall–Kier alpha value is -2.09. The van der Waals surface area contributed by atoms with Crippen molar-refractivity contribution < 1.29 is 5.11 Å². The molecule has 1 aromatic carbocycles. The molecular formula is C19H20ClN3O. The van der Waals surface area contributed by atoms with Crippen molar-refractivity contribution in [3.63, 3.8) is 0 Å². The first-order chi connectivity index (χ1) is 11.6. The Labute approximate surface area is 147 Å². The van der Waals surface area contributed by atoms with Crippen molar-refractivity contribution in [3.05, 3.63) is 58.7 Å². The number of aliphatic hydroxyl groups excluding tert-OH is 1. The first-order valence-electron chi connectivity index (χ1n) is 8.12. The van der Waals surface area contributed by atoms with Gasteiger partial charge in [0.05, 0.1) is 6.61 Å². The SMILES string of the molecule is N#Cc1cccc(N2CCC[C@](CO)(Cc3cccc(Cl)c3)C2)n1. The van der Waals surface area contributed by atoms with Gasteiger partial charge in [-0.25, -0.2) is 4.98 Å². The zero-order valence-electron chi connectivity index (χ0n) is 13.5. The lowest BCUT2D eigenvalue weighted by molar-refractivity contribution is 0.105. The van der Waals surface area contributed by atoms with Crippen LogP contribution in [0.25, 0.3) is 0 Å². The molecule has 2 heterocycles. The van der Waals surface area contributed by atoms with Gasteiger partial charge in [-0.05, 0) is 49.1 Å². The number of benzene rings is 1. The van der Waals surface area contributed by atoms with Crippen molar-refractivity contribution in [2.75, 3.05) is 24.6 Å². The van der Waals surface area contributed by atoms with Crippen LogP contribution in [-0.4, -0.2) is 29.8 Å². The number of hydrogen-bond donors (Lipinski definition) is 1. The van der Waals surface area contributed by atoms with E-state index in [9.17, 15) is 5.11 Å². The molecule has 4 nitrogen and oxygen atoms in total. The summed E-state index contributed by atoms with van der Waals surface area (Å²) in [4.78, 5) is 6.57. The molecule has 2 aromatic rings. The lowest BCUT2D eigenvalue weighted by atomic mass is 9.75. The highest BCUT2D eigenvalue weighted by Crippen LogP contribution is 2.35. The summed E-state index contributed by atoms with van der Waals surface area (Å²) in [6, 6.07) is 15.4. The average Bonchev–Trinajstić information content (AvgIpc) is 2.62. The summed E-state index contributed by atoms with van der Waals surface area (Å²) in [6.07, 6.45) is 2.72. The molecule has 0 amide bonds. The minimum atomic E-state index is -0.215. The average molecular weight is 342 g/mol. The standard InChI is InChI=1S/C19H20ClN3O/c20-16-5-1-4-15(10-16)11-19(14-24)8-3-9-23(13-19)18-7-2-6-17(12-21)22-18/h1-2,4-7,10,24H,3,8-9,11,13-14H2/t19-/m0/s1. The summed E-state index contributed by atoms with van der Waals surface area (Å²) in [5.41, 5.74) is 1.34. The van der Waals surface area contributed by atoms with Crippen LogP contribution in [-0.2, 0) is 6.42 Å². The lowest BCUT2D eigenvalue weighted by Crippen LogP contribution is -2.47. The van der Waals surface area contributed by atoms with Gasteiger partial charge in [0.25, 0.3) is 0 Å². The fourth-order valence-electron chi connectivity index (χ4n) is 3.47. The Bertz CT molecular complexity index is 758. The highest BCUT2D eigenvalue weighted by atomic mass is 35.5. The molecule has 1 aliphatic rings. The third-order valence-corrected chi connectivity index (χ3v) is 4.87. The van der Waals surface area contributed by atoms with Gasteiger partial charge < -0.3 is 10.0 Å². The molecule has 5 heteroatoms. The van der Waals surface area contributed by atoms with Crippen LogP contribution >= 0.6 is 11.6 Å². The highest BCUT2D eigenvalue weighted by Gasteiger charge is 2.35. The molecule has 0 saturated carbocycles. The molecule has 0 radical (unpaired) electrons. The van der Waals surface area contributed by atoms with Crippen molar-refractivity contribution in [2.45, 2.75) is 19.3 Å². The normalized spacial score (nSPS) is 20.6. The summed E-state index contributed by atoms with van der Waals surface area (Å²) < 4.78 is 0. The van der Waals surface area contributed by atoms with Crippen LogP contribution in [0.1, 0.15) is 24.1 Å². The van der Waals surface area contributed by atoms with Crippen LogP contribution in [0, 0.1) is 16.7 Å². The number of hydrogen-bond acceptors (Lipinski definition) is 4. The van der Waals surface area contributed by atoms with E-state index >= 15 is 0 Å². The molecule has 0 unspecified atom stereocenters. The van der Waals surface area contributed by atoms with Gasteiger partial charge in [0.2, 0.25) is 0 Å². The number of anilines is 1. The van der Waals surface area contributed by atoms with Crippen molar-refractivity contribution in [3.8, 4) is 6.07 Å². The Morgan fingerprint density at radius 1 is 1.29 bits per heavy atom. The number of aromatic nitrogens is 1. The van der Waals surface area contributed by atoms with E-state index in [-0.39, 0.29) is 12.0 Å². The van der Waals surface area contributed by atoms with Crippen LogP contribution in [0.2, 0.25) is 5.02 Å². The Morgan fingerprint density at radius 3 is 2.88 bits per heavy atom. The van der Waals surface area contributed by atoms with Gasteiger partial charge in [-0.1, -0.05) is 29.8 Å². The smallest absolute Gasteiger partial charge is 0.142 e. The molecule has 3 rings (SSSR count). The summed E-state index contributed by atoms with van der Waals surface area (Å²) in [5.74, 6) is 0.803. The van der Waals surface area contributed by atoms with Gasteiger partial charge in [-0.2, -0.15) is 5.26 Å². The van der Waals surface area contributed by atoms with E-state index in [2.05, 4.69) is 22.0 Å². The zero-order chi connectivity index (χ0) is 17.0. The lowest BCUT2D eigenvalue weighted by Gasteiger charge is -2.42. The molecule has 1 aliphatic heterocycles. The third-order valence-electron chi connectivity index (χ3n) is 4.64. The van der Waals surface area contributed by atoms with E-state index in [1.165, 1.54) is 0 Å². The van der Waals surface area contributed by atoms with Crippen LogP contribution in [0.5, 0.6) is 0 Å². The van der Waals surface area contributed by atoms with Crippen molar-refractivity contribution in [2.24, 2.45) is 5.41 Å². The van der Waals surface area contributed by atoms with Crippen molar-refractivity contribution in [1.29, 1.82) is 5.26 Å². The van der Waals surface area contributed by atoms with E-state index in [4.69, 9.17) is 16.9 Å². The first-order valence-corrected chi connectivity index (χ1v) is 8.49. The number of aliphatic hydroxyl groups is 1. The molecular weight excluding hydrogens is 322 g/mol. The van der Waals surface area contributed by atoms with Crippen molar-refractivity contribution >= 4 is 17.4 Å². The maximum atomic E-state index is 10.1. The predicted octanol–water partition coefficient (Wildman–Crippen LogP) is 3.43. The zero-order valence-corrected chi connectivity index (χ0v) is 14.2. The third kappa shape index (κ3) is 3.69. The van der Waals surface area contributed by atoms with Gasteiger partial charge in [0.15, 0.2) is 0 Å². The van der Waals surface area contributed by atoms with Crippen molar-refractivity contribution in [1.82, 2.24) is 4.98 Å². The summed E-state index contributed by atoms with van der Waals surface area (Å²) >= 11 is 6.10. The van der Waals surface area contributed by atoms with Gasteiger partial charge in [0, 0.05) is 23.5 Å². The fourth-order valence-corrected chi connectivity index (χ4v) is 3.69. The molecule has 1 aromatic heterocycles. The van der Waals surface area contributed by atoms with E-state index in [0.717, 1.165) is 48.8 Å². The number of pyridine rings is 1. The summed E-state index contributed by atoms with van der Waals surface area (Å²) in [5, 5.41) is 19.9. The van der Waals surface area contributed by atoms with Crippen LogP contribution in [0.3, 0.4) is 0 Å². The van der Waals surface area contributed by atoms with E-state index < -0.39 is 0 Å². The first kappa shape index (κ1) is 16.8. The number of halogens is 1. The molecule has 1 fully saturated rings. The molecule has 1 saturated heterocycles. The van der Waals surface area contributed by atoms with E-state index in [1.54, 1.807) is 6.07 Å². The molecule has 0 spiro atoms. The second kappa shape index (κ2) is 7.21. The Morgan fingerprint density at radius 2 is 2.12 bits per heavy atom. The minimum Gasteiger partial charge on any atom is -0.396 e. The number of piperidine rings is 1. The number of nitriles is 1. The van der Waals surface area contributed by atoms with Gasteiger partial charge in [0.1, 0.15) is 17.6 Å². The second-order valence-corrected chi connectivity index (χ2v) is 6.92. The molecule has 24 heavy (non-hydrogen) atoms. The molecule has 1 N–H and O–H groups in total. The summed E-state index contributed by atoms with van der Waals surface area (Å²) in [7, 11) is 0. The second-order valence-electron chi connectivity index (χ2n) is 6.48. The number of nitrogens with zero attached hydrogens (tertiary/aromatic N) is 3.